The Morgan fingerprint density at radius 3 is 1.60 bits per heavy atom. The number of carboxylic acids is 2. The molecule has 0 spiro atoms. The first kappa shape index (κ1) is 78.3. The van der Waals surface area contributed by atoms with Crippen LogP contribution in [0.1, 0.15) is 153 Å². The molecule has 3 aromatic carbocycles. The standard InChI is InChI=1S/C68H94N12O16S/c1-7-39(4)56(76-66(94)58(55(42-23-14-9-15-24-42)43-25-16-10-17-26-43)78-60(88)45(30-31-53(83)84)72-62(90)48(36-54(85)86)71-40(5)81)68(96)79(6)51(34-41-21-12-8-13-22-41)64(92)75-49(37-97)67(95)80-32-20-29-50(80)63(91)77-57(44-27-18-11-19-28-44)65(93)74-47(35-52(69)82)61(89)73-46(59(70)87)33-38(2)3/h9-11,14-19,23-28,38-39,41,45-51,55-58,97H,7-8,12-13,20-22,29-37H2,1-6H3,(H2,69,82)(H2,70,87)(H,71,81)(H,72,90)(H,73,89)(H,74,93)(H,75,92)(H,76,94)(H,77,91)(H,78,88)(H,83,84)(H,85,86)/t39-,45-,46-,47-,48-,49-,50-,51-,56-,57-,58-/m0/s1. The van der Waals surface area contributed by atoms with Crippen LogP contribution in [0.5, 0.6) is 0 Å². The van der Waals surface area contributed by atoms with Crippen LogP contribution in [-0.2, 0) is 67.1 Å². The highest BCUT2D eigenvalue weighted by atomic mass is 32.1. The quantitative estimate of drug-likeness (QED) is 0.0365. The number of likely N-dealkylation sites (tertiary alicyclic amines) is 1. The molecule has 28 nitrogen and oxygen atoms in total. The van der Waals surface area contributed by atoms with Crippen molar-refractivity contribution in [3.05, 3.63) is 108 Å². The number of carboxylic acid groups (broad SMARTS) is 2. The Hall–Kier alpha value is -9.41. The van der Waals surface area contributed by atoms with Crippen molar-refractivity contribution in [3.8, 4) is 0 Å². The molecule has 0 radical (unpaired) electrons. The monoisotopic (exact) mass is 1370 g/mol. The third-order valence-electron chi connectivity index (χ3n) is 17.5. The Labute approximate surface area is 569 Å². The molecule has 0 unspecified atom stereocenters. The fourth-order valence-corrected chi connectivity index (χ4v) is 12.4. The molecule has 5 rings (SSSR count). The minimum Gasteiger partial charge on any atom is -0.481 e. The van der Waals surface area contributed by atoms with Gasteiger partial charge in [0.2, 0.25) is 70.9 Å². The van der Waals surface area contributed by atoms with Gasteiger partial charge in [-0.1, -0.05) is 157 Å². The van der Waals surface area contributed by atoms with Crippen molar-refractivity contribution in [3.63, 3.8) is 0 Å². The summed E-state index contributed by atoms with van der Waals surface area (Å²) in [7, 11) is 1.41. The Balaban J connectivity index is 1.46. The molecular formula is C68H94N12O16S. The van der Waals surface area contributed by atoms with Gasteiger partial charge in [-0.2, -0.15) is 12.6 Å². The molecule has 1 saturated heterocycles. The van der Waals surface area contributed by atoms with E-state index >= 15 is 14.4 Å². The predicted molar refractivity (Wildman–Crippen MR) is 359 cm³/mol. The van der Waals surface area contributed by atoms with Crippen molar-refractivity contribution in [2.24, 2.45) is 29.2 Å². The van der Waals surface area contributed by atoms with Crippen molar-refractivity contribution in [1.29, 1.82) is 0 Å². The van der Waals surface area contributed by atoms with Crippen molar-refractivity contribution < 1.29 is 77.3 Å². The van der Waals surface area contributed by atoms with E-state index in [2.05, 4.69) is 55.2 Å². The van der Waals surface area contributed by atoms with Gasteiger partial charge in [0, 0.05) is 38.6 Å². The van der Waals surface area contributed by atoms with Crippen molar-refractivity contribution >= 4 is 95.5 Å². The third-order valence-corrected chi connectivity index (χ3v) is 17.8. The number of primary amides is 2. The number of rotatable bonds is 37. The van der Waals surface area contributed by atoms with Crippen LogP contribution in [0, 0.1) is 17.8 Å². The summed E-state index contributed by atoms with van der Waals surface area (Å²) < 4.78 is 0. The summed E-state index contributed by atoms with van der Waals surface area (Å²) in [6.07, 6.45) is 2.27. The second-order valence-corrected chi connectivity index (χ2v) is 25.7. The number of hydrogen-bond donors (Lipinski definition) is 13. The van der Waals surface area contributed by atoms with Crippen molar-refractivity contribution in [2.75, 3.05) is 19.3 Å². The summed E-state index contributed by atoms with van der Waals surface area (Å²) in [4.78, 5) is 195. The third kappa shape index (κ3) is 23.7. The summed E-state index contributed by atoms with van der Waals surface area (Å²) in [6.45, 7) is 8.16. The molecule has 2 fully saturated rings. The zero-order valence-electron chi connectivity index (χ0n) is 55.7. The van der Waals surface area contributed by atoms with Crippen LogP contribution in [0.25, 0.3) is 0 Å². The number of hydrogen-bond acceptors (Lipinski definition) is 15. The van der Waals surface area contributed by atoms with Crippen LogP contribution in [0.3, 0.4) is 0 Å². The van der Waals surface area contributed by atoms with Crippen LogP contribution in [0.15, 0.2) is 91.0 Å². The normalized spacial score (nSPS) is 17.0. The van der Waals surface area contributed by atoms with Gasteiger partial charge in [-0.25, -0.2) is 0 Å². The minimum atomic E-state index is -1.72. The molecule has 1 aliphatic carbocycles. The average Bonchev–Trinajstić information content (AvgIpc) is 1.59. The van der Waals surface area contributed by atoms with E-state index < -0.39 is 181 Å². The Morgan fingerprint density at radius 2 is 1.09 bits per heavy atom. The van der Waals surface area contributed by atoms with Gasteiger partial charge in [0.25, 0.3) is 0 Å². The van der Waals surface area contributed by atoms with Crippen LogP contribution >= 0.6 is 12.6 Å². The molecule has 14 N–H and O–H groups in total. The van der Waals surface area contributed by atoms with E-state index in [1.807, 2.05) is 0 Å². The number of nitrogens with two attached hydrogens (primary N) is 2. The summed E-state index contributed by atoms with van der Waals surface area (Å²) >= 11 is 4.50. The number of thiol groups is 1. The molecule has 12 amide bonds. The molecule has 11 atom stereocenters. The van der Waals surface area contributed by atoms with Gasteiger partial charge >= 0.3 is 11.9 Å². The highest BCUT2D eigenvalue weighted by molar-refractivity contribution is 7.80. The van der Waals surface area contributed by atoms with Crippen LogP contribution < -0.4 is 54.0 Å². The molecule has 1 aliphatic heterocycles. The largest absolute Gasteiger partial charge is 0.481 e. The van der Waals surface area contributed by atoms with E-state index in [0.29, 0.717) is 24.0 Å². The van der Waals surface area contributed by atoms with Gasteiger partial charge < -0.3 is 74.0 Å². The molecule has 97 heavy (non-hydrogen) atoms. The fraction of sp³-hybridized carbons (Fsp3) is 0.529. The zero-order chi connectivity index (χ0) is 71.6. The molecule has 0 bridgehead atoms. The maximum Gasteiger partial charge on any atom is 0.305 e. The molecule has 0 aromatic heterocycles. The van der Waals surface area contributed by atoms with Gasteiger partial charge in [0.05, 0.1) is 12.8 Å². The second-order valence-electron chi connectivity index (χ2n) is 25.3. The molecule has 1 saturated carbocycles. The summed E-state index contributed by atoms with van der Waals surface area (Å²) in [5, 5.41) is 40.1. The smallest absolute Gasteiger partial charge is 0.305 e. The highest BCUT2D eigenvalue weighted by Gasteiger charge is 2.44. The summed E-state index contributed by atoms with van der Waals surface area (Å²) in [5.74, 6) is -15.5. The molecule has 3 aromatic rings. The van der Waals surface area contributed by atoms with E-state index in [9.17, 15) is 63.0 Å². The number of benzene rings is 3. The Morgan fingerprint density at radius 1 is 0.577 bits per heavy atom. The molecule has 2 aliphatic rings. The van der Waals surface area contributed by atoms with E-state index in [-0.39, 0.29) is 49.0 Å². The lowest BCUT2D eigenvalue weighted by Crippen LogP contribution is -2.62. The van der Waals surface area contributed by atoms with Gasteiger partial charge in [0.1, 0.15) is 60.4 Å². The highest BCUT2D eigenvalue weighted by Crippen LogP contribution is 2.32. The van der Waals surface area contributed by atoms with Crippen LogP contribution in [0.2, 0.25) is 0 Å². The topological polar surface area (TPSA) is 434 Å². The van der Waals surface area contributed by atoms with Gasteiger partial charge in [0.15, 0.2) is 0 Å². The Bertz CT molecular complexity index is 3200. The van der Waals surface area contributed by atoms with Crippen molar-refractivity contribution in [2.45, 2.75) is 191 Å². The molecule has 1 heterocycles. The lowest BCUT2D eigenvalue weighted by atomic mass is 9.83. The number of nitrogens with one attached hydrogen (secondary N) is 8. The summed E-state index contributed by atoms with van der Waals surface area (Å²) in [5.41, 5.74) is 12.3. The van der Waals surface area contributed by atoms with Crippen LogP contribution in [-0.4, -0.2) is 177 Å². The Kier molecular flexibility index (Phi) is 31.0. The lowest BCUT2D eigenvalue weighted by molar-refractivity contribution is -0.146. The van der Waals surface area contributed by atoms with Crippen molar-refractivity contribution in [1.82, 2.24) is 52.3 Å². The second kappa shape index (κ2) is 38.4. The average molecular weight is 1370 g/mol. The van der Waals surface area contributed by atoms with Gasteiger partial charge in [-0.05, 0) is 66.5 Å². The SMILES string of the molecule is CC[C@H](C)[C@H](NC(=O)[C@@H](NC(=O)[C@H](CCC(=O)O)NC(=O)[C@H](CC(=O)O)NC(C)=O)C(c1ccccc1)c1ccccc1)C(=O)N(C)[C@@H](CC1CCCCC1)C(=O)N[C@@H](CS)C(=O)N1CCC[C@H]1C(=O)N[C@H](C(=O)N[C@@H](CC(N)=O)C(=O)N[C@@H](CC(C)C)C(N)=O)c1ccccc1. The van der Waals surface area contributed by atoms with Crippen LogP contribution in [0.4, 0.5) is 0 Å². The first-order valence-electron chi connectivity index (χ1n) is 32.8. The number of amides is 12. The fourth-order valence-electron chi connectivity index (χ4n) is 12.2. The first-order chi connectivity index (χ1) is 46.0. The summed E-state index contributed by atoms with van der Waals surface area (Å²) in [6, 6.07) is 10.4. The first-order valence-corrected chi connectivity index (χ1v) is 33.4. The van der Waals surface area contributed by atoms with Gasteiger partial charge in [-0.15, -0.1) is 0 Å². The minimum absolute atomic E-state index is 0.0397. The molecular weight excluding hydrogens is 1270 g/mol. The number of likely N-dealkylation sites (N-methyl/N-ethyl adjacent to an activating group) is 1. The molecule has 29 heteroatoms. The van der Waals surface area contributed by atoms with E-state index in [1.54, 1.807) is 107 Å². The number of aliphatic carboxylic acids is 2. The van der Waals surface area contributed by atoms with Gasteiger partial charge in [-0.3, -0.25) is 67.1 Å². The number of nitrogens with zero attached hydrogens (tertiary/aromatic N) is 2. The van der Waals surface area contributed by atoms with E-state index in [1.165, 1.54) is 29.0 Å². The molecule has 528 valence electrons. The lowest BCUT2D eigenvalue weighted by Gasteiger charge is -2.37. The number of carbonyl (C=O) groups excluding carboxylic acids is 12. The van der Waals surface area contributed by atoms with E-state index in [4.69, 9.17) is 11.5 Å². The predicted octanol–water partition coefficient (Wildman–Crippen LogP) is 1.60. The number of carbonyl (C=O) groups is 14. The van der Waals surface area contributed by atoms with E-state index in [0.717, 1.165) is 39.0 Å². The maximum atomic E-state index is 15.5. The zero-order valence-corrected chi connectivity index (χ0v) is 56.6. The maximum absolute atomic E-state index is 15.5.